The number of ether oxygens (including phenoxy) is 1. The fraction of sp³-hybridized carbons (Fsp3) is 0.421. The number of carbonyl (C=O) groups is 3. The Labute approximate surface area is 151 Å². The van der Waals surface area contributed by atoms with Crippen LogP contribution in [0.3, 0.4) is 0 Å². The summed E-state index contributed by atoms with van der Waals surface area (Å²) < 4.78 is 5.52. The predicted octanol–water partition coefficient (Wildman–Crippen LogP) is 0.931. The van der Waals surface area contributed by atoms with E-state index in [9.17, 15) is 19.5 Å². The molecule has 2 saturated heterocycles. The van der Waals surface area contributed by atoms with Crippen LogP contribution in [-0.4, -0.2) is 65.5 Å². The number of likely N-dealkylation sites (tertiary alicyclic amines) is 2. The third-order valence-electron chi connectivity index (χ3n) is 5.11. The van der Waals surface area contributed by atoms with E-state index in [1.165, 1.54) is 9.80 Å². The van der Waals surface area contributed by atoms with Crippen molar-refractivity contribution in [3.63, 3.8) is 0 Å². The molecular formula is C19H22N2O5. The molecule has 138 valence electrons. The van der Waals surface area contributed by atoms with Crippen molar-refractivity contribution in [2.75, 3.05) is 32.8 Å². The molecule has 0 radical (unpaired) electrons. The van der Waals surface area contributed by atoms with Gasteiger partial charge in [-0.25, -0.2) is 0 Å². The summed E-state index contributed by atoms with van der Waals surface area (Å²) in [4.78, 5) is 39.8. The number of aliphatic carboxylic acids is 1. The maximum atomic E-state index is 12.5. The fourth-order valence-electron chi connectivity index (χ4n) is 3.75. The lowest BCUT2D eigenvalue weighted by Crippen LogP contribution is -2.43. The molecule has 2 fully saturated rings. The van der Waals surface area contributed by atoms with Gasteiger partial charge in [0.15, 0.2) is 6.61 Å². The Morgan fingerprint density at radius 2 is 2.19 bits per heavy atom. The van der Waals surface area contributed by atoms with Gasteiger partial charge in [0.1, 0.15) is 11.2 Å². The molecule has 2 amide bonds. The lowest BCUT2D eigenvalue weighted by Gasteiger charge is -2.24. The molecular weight excluding hydrogens is 336 g/mol. The highest BCUT2D eigenvalue weighted by atomic mass is 16.5. The Kier molecular flexibility index (Phi) is 4.71. The van der Waals surface area contributed by atoms with Crippen LogP contribution in [0, 0.1) is 18.3 Å². The normalized spacial score (nSPS) is 24.5. The van der Waals surface area contributed by atoms with Gasteiger partial charge >= 0.3 is 5.97 Å². The largest absolute Gasteiger partial charge is 0.484 e. The number of aryl methyl sites for hydroxylation is 1. The molecule has 2 atom stereocenters. The summed E-state index contributed by atoms with van der Waals surface area (Å²) in [5, 5.41) is 9.74. The van der Waals surface area contributed by atoms with Crippen LogP contribution in [0.1, 0.15) is 5.56 Å². The van der Waals surface area contributed by atoms with Gasteiger partial charge in [-0.15, -0.1) is 6.58 Å². The lowest BCUT2D eigenvalue weighted by molar-refractivity contribution is -0.150. The molecule has 2 heterocycles. The molecule has 1 aromatic carbocycles. The summed E-state index contributed by atoms with van der Waals surface area (Å²) in [6.45, 7) is 5.87. The van der Waals surface area contributed by atoms with Crippen LogP contribution in [0.2, 0.25) is 0 Å². The number of nitrogens with zero attached hydrogens (tertiary/aromatic N) is 2. The molecule has 2 aliphatic rings. The van der Waals surface area contributed by atoms with Gasteiger partial charge in [0, 0.05) is 26.2 Å². The topological polar surface area (TPSA) is 87.2 Å². The summed E-state index contributed by atoms with van der Waals surface area (Å²) >= 11 is 0. The van der Waals surface area contributed by atoms with Crippen molar-refractivity contribution in [1.29, 1.82) is 0 Å². The standard InChI is InChI=1S/C19H22N2O5/c1-3-7-20-11-19(18(24)25)12-21(9-15(19)17(20)23)16(22)10-26-14-6-4-5-13(2)8-14/h3-6,8,15H,1,7,9-12H2,2H3,(H,24,25)/t15-,19+/m0/s1. The van der Waals surface area contributed by atoms with Gasteiger partial charge in [0.05, 0.1) is 5.92 Å². The number of rotatable bonds is 6. The van der Waals surface area contributed by atoms with E-state index in [-0.39, 0.29) is 38.1 Å². The van der Waals surface area contributed by atoms with Crippen LogP contribution in [0.5, 0.6) is 5.75 Å². The number of carboxylic acids is 1. The van der Waals surface area contributed by atoms with Crippen LogP contribution in [0.4, 0.5) is 0 Å². The molecule has 1 aromatic rings. The molecule has 0 unspecified atom stereocenters. The van der Waals surface area contributed by atoms with E-state index in [1.807, 2.05) is 25.1 Å². The van der Waals surface area contributed by atoms with E-state index >= 15 is 0 Å². The molecule has 7 heteroatoms. The molecule has 2 aliphatic heterocycles. The summed E-state index contributed by atoms with van der Waals surface area (Å²) in [5.74, 6) is -1.73. The fourth-order valence-corrected chi connectivity index (χ4v) is 3.75. The first-order valence-corrected chi connectivity index (χ1v) is 8.48. The van der Waals surface area contributed by atoms with Crippen molar-refractivity contribution in [2.45, 2.75) is 6.92 Å². The summed E-state index contributed by atoms with van der Waals surface area (Å²) in [6.07, 6.45) is 1.58. The van der Waals surface area contributed by atoms with Gasteiger partial charge in [0.2, 0.25) is 5.91 Å². The van der Waals surface area contributed by atoms with Crippen molar-refractivity contribution in [3.05, 3.63) is 42.5 Å². The van der Waals surface area contributed by atoms with Crippen LogP contribution < -0.4 is 4.74 Å². The predicted molar refractivity (Wildman–Crippen MR) is 93.6 cm³/mol. The van der Waals surface area contributed by atoms with Gasteiger partial charge in [-0.1, -0.05) is 18.2 Å². The second kappa shape index (κ2) is 6.82. The highest BCUT2D eigenvalue weighted by Crippen LogP contribution is 2.43. The highest BCUT2D eigenvalue weighted by Gasteiger charge is 2.62. The average molecular weight is 358 g/mol. The molecule has 7 nitrogen and oxygen atoms in total. The van der Waals surface area contributed by atoms with E-state index in [4.69, 9.17) is 4.74 Å². The van der Waals surface area contributed by atoms with Gasteiger partial charge in [0.25, 0.3) is 5.91 Å². The van der Waals surface area contributed by atoms with E-state index in [0.29, 0.717) is 12.3 Å². The zero-order valence-electron chi connectivity index (χ0n) is 14.7. The number of fused-ring (bicyclic) bond motifs is 1. The van der Waals surface area contributed by atoms with Gasteiger partial charge < -0.3 is 19.6 Å². The lowest BCUT2D eigenvalue weighted by atomic mass is 9.81. The van der Waals surface area contributed by atoms with E-state index in [2.05, 4.69) is 6.58 Å². The van der Waals surface area contributed by atoms with Crippen molar-refractivity contribution < 1.29 is 24.2 Å². The molecule has 0 aliphatic carbocycles. The average Bonchev–Trinajstić information content (AvgIpc) is 3.10. The Hall–Kier alpha value is -2.83. The number of amides is 2. The summed E-state index contributed by atoms with van der Waals surface area (Å²) in [6, 6.07) is 7.34. The Morgan fingerprint density at radius 3 is 2.81 bits per heavy atom. The Balaban J connectivity index is 1.68. The molecule has 0 saturated carbocycles. The van der Waals surface area contributed by atoms with Crippen LogP contribution >= 0.6 is 0 Å². The van der Waals surface area contributed by atoms with Crippen molar-refractivity contribution in [1.82, 2.24) is 9.80 Å². The molecule has 1 N–H and O–H groups in total. The number of carboxylic acid groups (broad SMARTS) is 1. The minimum absolute atomic E-state index is 0.0163. The Morgan fingerprint density at radius 1 is 1.42 bits per heavy atom. The van der Waals surface area contributed by atoms with Crippen molar-refractivity contribution in [2.24, 2.45) is 11.3 Å². The van der Waals surface area contributed by atoms with Crippen molar-refractivity contribution in [3.8, 4) is 5.75 Å². The van der Waals surface area contributed by atoms with Crippen LogP contribution in [-0.2, 0) is 14.4 Å². The molecule has 26 heavy (non-hydrogen) atoms. The maximum absolute atomic E-state index is 12.5. The minimum Gasteiger partial charge on any atom is -0.484 e. The third-order valence-corrected chi connectivity index (χ3v) is 5.11. The maximum Gasteiger partial charge on any atom is 0.314 e. The number of benzene rings is 1. The molecule has 0 spiro atoms. The quantitative estimate of drug-likeness (QED) is 0.765. The highest BCUT2D eigenvalue weighted by molar-refractivity contribution is 5.94. The van der Waals surface area contributed by atoms with E-state index < -0.39 is 17.3 Å². The van der Waals surface area contributed by atoms with E-state index in [1.54, 1.807) is 12.1 Å². The first kappa shape index (κ1) is 18.0. The molecule has 0 aromatic heterocycles. The van der Waals surface area contributed by atoms with Crippen molar-refractivity contribution >= 4 is 17.8 Å². The van der Waals surface area contributed by atoms with E-state index in [0.717, 1.165) is 5.56 Å². The number of carbonyl (C=O) groups excluding carboxylic acids is 2. The minimum atomic E-state index is -1.25. The second-order valence-electron chi connectivity index (χ2n) is 6.90. The zero-order chi connectivity index (χ0) is 18.9. The smallest absolute Gasteiger partial charge is 0.314 e. The van der Waals surface area contributed by atoms with Gasteiger partial charge in [-0.2, -0.15) is 0 Å². The first-order chi connectivity index (χ1) is 12.4. The SMILES string of the molecule is C=CCN1C[C@@]2(C(=O)O)CN(C(=O)COc3cccc(C)c3)C[C@H]2C1=O. The molecule has 0 bridgehead atoms. The third kappa shape index (κ3) is 3.05. The zero-order valence-corrected chi connectivity index (χ0v) is 14.7. The van der Waals surface area contributed by atoms with Gasteiger partial charge in [-0.3, -0.25) is 14.4 Å². The van der Waals surface area contributed by atoms with Gasteiger partial charge in [-0.05, 0) is 24.6 Å². The molecule has 3 rings (SSSR count). The summed E-state index contributed by atoms with van der Waals surface area (Å²) in [5.41, 5.74) is -0.234. The van der Waals surface area contributed by atoms with Crippen LogP contribution in [0.15, 0.2) is 36.9 Å². The monoisotopic (exact) mass is 358 g/mol. The summed E-state index contributed by atoms with van der Waals surface area (Å²) in [7, 11) is 0. The number of hydrogen-bond acceptors (Lipinski definition) is 4. The Bertz CT molecular complexity index is 762. The van der Waals surface area contributed by atoms with Crippen LogP contribution in [0.25, 0.3) is 0 Å². The first-order valence-electron chi connectivity index (χ1n) is 8.48. The number of hydrogen-bond donors (Lipinski definition) is 1. The second-order valence-corrected chi connectivity index (χ2v) is 6.90.